The second kappa shape index (κ2) is 5.25. The number of amides is 2. The molecule has 3 rings (SSSR count). The van der Waals surface area contributed by atoms with E-state index in [1.807, 2.05) is 4.90 Å². The molecular weight excluding hydrogens is 240 g/mol. The number of urea groups is 1. The molecule has 0 aliphatic carbocycles. The van der Waals surface area contributed by atoms with Gasteiger partial charge in [0.2, 0.25) is 0 Å². The molecule has 0 bridgehead atoms. The maximum absolute atomic E-state index is 11.7. The van der Waals surface area contributed by atoms with E-state index in [0.29, 0.717) is 6.04 Å². The van der Waals surface area contributed by atoms with Gasteiger partial charge in [-0.25, -0.2) is 4.79 Å². The van der Waals surface area contributed by atoms with Crippen LogP contribution < -0.4 is 5.32 Å². The zero-order valence-electron chi connectivity index (χ0n) is 11.5. The van der Waals surface area contributed by atoms with E-state index in [4.69, 9.17) is 0 Å². The van der Waals surface area contributed by atoms with Crippen LogP contribution >= 0.6 is 0 Å². The summed E-state index contributed by atoms with van der Waals surface area (Å²) in [5.41, 5.74) is 1.36. The van der Waals surface area contributed by atoms with Crippen LogP contribution in [0.2, 0.25) is 0 Å². The second-order valence-corrected chi connectivity index (χ2v) is 5.54. The van der Waals surface area contributed by atoms with Crippen molar-refractivity contribution in [1.82, 2.24) is 19.7 Å². The number of nitrogens with zero attached hydrogens (tertiary/aromatic N) is 3. The Bertz CT molecular complexity index is 448. The van der Waals surface area contributed by atoms with Crippen LogP contribution in [0.25, 0.3) is 0 Å². The van der Waals surface area contributed by atoms with Gasteiger partial charge < -0.3 is 14.8 Å². The average molecular weight is 262 g/mol. The van der Waals surface area contributed by atoms with E-state index < -0.39 is 0 Å². The number of likely N-dealkylation sites (tertiary alicyclic amines) is 1. The van der Waals surface area contributed by atoms with Crippen molar-refractivity contribution in [3.8, 4) is 0 Å². The second-order valence-electron chi connectivity index (χ2n) is 5.54. The van der Waals surface area contributed by atoms with Gasteiger partial charge in [0.25, 0.3) is 0 Å². The summed E-state index contributed by atoms with van der Waals surface area (Å²) in [5, 5.41) is 2.89. The summed E-state index contributed by atoms with van der Waals surface area (Å²) >= 11 is 0. The molecule has 2 amide bonds. The molecule has 0 spiro atoms. The van der Waals surface area contributed by atoms with Gasteiger partial charge in [0, 0.05) is 57.7 Å². The molecular formula is C14H22N4O. The van der Waals surface area contributed by atoms with E-state index in [-0.39, 0.29) is 6.03 Å². The number of nitrogens with one attached hydrogen (secondary N) is 1. The number of hydrogen-bond donors (Lipinski definition) is 1. The Morgan fingerprint density at radius 1 is 1.32 bits per heavy atom. The predicted molar refractivity (Wildman–Crippen MR) is 73.8 cm³/mol. The summed E-state index contributed by atoms with van der Waals surface area (Å²) < 4.78 is 2.18. The fourth-order valence-corrected chi connectivity index (χ4v) is 3.11. The lowest BCUT2D eigenvalue weighted by atomic mass is 10.0. The van der Waals surface area contributed by atoms with Gasteiger partial charge >= 0.3 is 6.03 Å². The first-order chi connectivity index (χ1) is 9.24. The number of carbonyl (C=O) groups excluding carboxylic acids is 1. The smallest absolute Gasteiger partial charge is 0.317 e. The van der Waals surface area contributed by atoms with Crippen molar-refractivity contribution in [3.63, 3.8) is 0 Å². The molecule has 0 radical (unpaired) electrons. The topological polar surface area (TPSA) is 40.5 Å². The first-order valence-electron chi connectivity index (χ1n) is 7.11. The molecule has 104 valence electrons. The number of hydrogen-bond acceptors (Lipinski definition) is 2. The van der Waals surface area contributed by atoms with Crippen LogP contribution in [0, 0.1) is 0 Å². The Morgan fingerprint density at radius 3 is 2.68 bits per heavy atom. The zero-order valence-corrected chi connectivity index (χ0v) is 11.5. The van der Waals surface area contributed by atoms with Crippen LogP contribution in [0.5, 0.6) is 0 Å². The molecule has 0 aromatic carbocycles. The SMILES string of the molecule is Cn1cccc1CN1CCC(N2CCNC2=O)CC1. The first kappa shape index (κ1) is 12.5. The third-order valence-corrected chi connectivity index (χ3v) is 4.32. The van der Waals surface area contributed by atoms with E-state index in [1.54, 1.807) is 0 Å². The van der Waals surface area contributed by atoms with Gasteiger partial charge in [0.05, 0.1) is 0 Å². The van der Waals surface area contributed by atoms with Gasteiger partial charge in [-0.05, 0) is 25.0 Å². The van der Waals surface area contributed by atoms with Crippen LogP contribution in [0.3, 0.4) is 0 Å². The molecule has 5 nitrogen and oxygen atoms in total. The van der Waals surface area contributed by atoms with Crippen LogP contribution in [-0.4, -0.2) is 52.6 Å². The summed E-state index contributed by atoms with van der Waals surface area (Å²) in [4.78, 5) is 16.2. The number of piperidine rings is 1. The van der Waals surface area contributed by atoms with Crippen molar-refractivity contribution in [3.05, 3.63) is 24.0 Å². The van der Waals surface area contributed by atoms with E-state index in [1.165, 1.54) is 5.69 Å². The molecule has 3 heterocycles. The van der Waals surface area contributed by atoms with E-state index in [9.17, 15) is 4.79 Å². The number of aromatic nitrogens is 1. The lowest BCUT2D eigenvalue weighted by Crippen LogP contribution is -2.45. The Balaban J connectivity index is 1.52. The molecule has 2 saturated heterocycles. The van der Waals surface area contributed by atoms with Crippen LogP contribution in [0.15, 0.2) is 18.3 Å². The maximum atomic E-state index is 11.7. The predicted octanol–water partition coefficient (Wildman–Crippen LogP) is 1.01. The molecule has 1 aromatic heterocycles. The molecule has 2 aliphatic heterocycles. The van der Waals surface area contributed by atoms with Gasteiger partial charge in [-0.2, -0.15) is 0 Å². The monoisotopic (exact) mass is 262 g/mol. The Kier molecular flexibility index (Phi) is 3.46. The van der Waals surface area contributed by atoms with Crippen molar-refractivity contribution < 1.29 is 4.79 Å². The summed E-state index contributed by atoms with van der Waals surface area (Å²) in [5.74, 6) is 0. The average Bonchev–Trinajstić information content (AvgIpc) is 3.00. The first-order valence-corrected chi connectivity index (χ1v) is 7.11. The lowest BCUT2D eigenvalue weighted by Gasteiger charge is -2.36. The van der Waals surface area contributed by atoms with Gasteiger partial charge in [0.1, 0.15) is 0 Å². The fourth-order valence-electron chi connectivity index (χ4n) is 3.11. The normalized spacial score (nSPS) is 21.9. The largest absolute Gasteiger partial charge is 0.353 e. The van der Waals surface area contributed by atoms with Crippen LogP contribution in [0.4, 0.5) is 4.79 Å². The quantitative estimate of drug-likeness (QED) is 0.883. The van der Waals surface area contributed by atoms with Crippen LogP contribution in [-0.2, 0) is 13.6 Å². The highest BCUT2D eigenvalue weighted by molar-refractivity contribution is 5.76. The summed E-state index contributed by atoms with van der Waals surface area (Å²) in [6, 6.07) is 4.84. The number of rotatable bonds is 3. The summed E-state index contributed by atoms with van der Waals surface area (Å²) in [7, 11) is 2.09. The minimum absolute atomic E-state index is 0.126. The van der Waals surface area contributed by atoms with Crippen molar-refractivity contribution in [2.45, 2.75) is 25.4 Å². The van der Waals surface area contributed by atoms with Gasteiger partial charge in [-0.3, -0.25) is 4.90 Å². The van der Waals surface area contributed by atoms with Crippen molar-refractivity contribution in [2.24, 2.45) is 7.05 Å². The van der Waals surface area contributed by atoms with Crippen molar-refractivity contribution in [1.29, 1.82) is 0 Å². The van der Waals surface area contributed by atoms with Crippen molar-refractivity contribution >= 4 is 6.03 Å². The maximum Gasteiger partial charge on any atom is 0.317 e. The lowest BCUT2D eigenvalue weighted by molar-refractivity contribution is 0.130. The fraction of sp³-hybridized carbons (Fsp3) is 0.643. The molecule has 19 heavy (non-hydrogen) atoms. The van der Waals surface area contributed by atoms with Gasteiger partial charge in [-0.1, -0.05) is 0 Å². The Hall–Kier alpha value is -1.49. The molecule has 1 N–H and O–H groups in total. The van der Waals surface area contributed by atoms with E-state index in [2.05, 4.69) is 40.2 Å². The van der Waals surface area contributed by atoms with Crippen molar-refractivity contribution in [2.75, 3.05) is 26.2 Å². The highest BCUT2D eigenvalue weighted by Gasteiger charge is 2.30. The standard InChI is InChI=1S/C14H22N4O/c1-16-7-2-3-13(16)11-17-8-4-12(5-9-17)18-10-6-15-14(18)19/h2-3,7,12H,4-6,8-11H2,1H3,(H,15,19). The van der Waals surface area contributed by atoms with E-state index >= 15 is 0 Å². The van der Waals surface area contributed by atoms with E-state index in [0.717, 1.165) is 45.6 Å². The van der Waals surface area contributed by atoms with Gasteiger partial charge in [0.15, 0.2) is 0 Å². The highest BCUT2D eigenvalue weighted by atomic mass is 16.2. The highest BCUT2D eigenvalue weighted by Crippen LogP contribution is 2.19. The summed E-state index contributed by atoms with van der Waals surface area (Å²) in [6.07, 6.45) is 4.28. The molecule has 0 saturated carbocycles. The Morgan fingerprint density at radius 2 is 2.11 bits per heavy atom. The molecule has 2 aliphatic rings. The third kappa shape index (κ3) is 2.61. The third-order valence-electron chi connectivity index (χ3n) is 4.32. The minimum atomic E-state index is 0.126. The minimum Gasteiger partial charge on any atom is -0.353 e. The molecule has 5 heteroatoms. The van der Waals surface area contributed by atoms with Gasteiger partial charge in [-0.15, -0.1) is 0 Å². The molecule has 0 atom stereocenters. The molecule has 2 fully saturated rings. The number of carbonyl (C=O) groups is 1. The number of aryl methyl sites for hydroxylation is 1. The Labute approximate surface area is 114 Å². The van der Waals surface area contributed by atoms with Crippen LogP contribution in [0.1, 0.15) is 18.5 Å². The molecule has 0 unspecified atom stereocenters. The summed E-state index contributed by atoms with van der Waals surface area (Å²) in [6.45, 7) is 4.87. The molecule has 1 aromatic rings. The zero-order chi connectivity index (χ0) is 13.2.